The number of sulfone groups is 1. The van der Waals surface area contributed by atoms with Gasteiger partial charge >= 0.3 is 0 Å². The molecule has 1 aliphatic heterocycles. The van der Waals surface area contributed by atoms with Gasteiger partial charge in [0.25, 0.3) is 5.91 Å². The summed E-state index contributed by atoms with van der Waals surface area (Å²) in [6, 6.07) is 5.81. The van der Waals surface area contributed by atoms with Crippen LogP contribution in [0, 0.1) is 0 Å². The zero-order chi connectivity index (χ0) is 15.7. The molecular weight excluding hydrogens is 294 g/mol. The third-order valence-electron chi connectivity index (χ3n) is 3.10. The van der Waals surface area contributed by atoms with E-state index < -0.39 is 15.6 Å². The lowest BCUT2D eigenvalue weighted by atomic mass is 10.2. The van der Waals surface area contributed by atoms with Crippen molar-refractivity contribution in [3.63, 3.8) is 0 Å². The van der Waals surface area contributed by atoms with Crippen molar-refractivity contribution in [1.29, 1.82) is 0 Å². The summed E-state index contributed by atoms with van der Waals surface area (Å²) in [6.45, 7) is 4.41. The van der Waals surface area contributed by atoms with Crippen molar-refractivity contribution < 1.29 is 22.7 Å². The molecule has 0 spiro atoms. The second kappa shape index (κ2) is 5.75. The lowest BCUT2D eigenvalue weighted by Gasteiger charge is -2.17. The summed E-state index contributed by atoms with van der Waals surface area (Å²) in [4.78, 5) is 12.2. The van der Waals surface area contributed by atoms with Gasteiger partial charge < -0.3 is 14.8 Å². The second-order valence-corrected chi connectivity index (χ2v) is 7.47. The van der Waals surface area contributed by atoms with Crippen LogP contribution in [0.3, 0.4) is 0 Å². The fourth-order valence-electron chi connectivity index (χ4n) is 2.03. The zero-order valence-electron chi connectivity index (χ0n) is 12.3. The lowest BCUT2D eigenvalue weighted by molar-refractivity contribution is -0.137. The third-order valence-corrected chi connectivity index (χ3v) is 4.23. The quantitative estimate of drug-likeness (QED) is 0.896. The topological polar surface area (TPSA) is 81.7 Å². The van der Waals surface area contributed by atoms with Crippen molar-refractivity contribution in [3.8, 4) is 0 Å². The van der Waals surface area contributed by atoms with Gasteiger partial charge in [-0.2, -0.15) is 0 Å². The van der Waals surface area contributed by atoms with E-state index in [4.69, 9.17) is 9.47 Å². The summed E-state index contributed by atoms with van der Waals surface area (Å²) in [5.41, 5.74) is 0.403. The van der Waals surface area contributed by atoms with E-state index in [0.717, 1.165) is 6.26 Å². The average molecular weight is 313 g/mol. The molecule has 1 amide bonds. The molecule has 1 saturated heterocycles. The van der Waals surface area contributed by atoms with E-state index in [9.17, 15) is 13.2 Å². The highest BCUT2D eigenvalue weighted by atomic mass is 32.2. The number of carbonyl (C=O) groups excluding carboxylic acids is 1. The Balaban J connectivity index is 1.92. The molecule has 1 aromatic rings. The molecule has 0 bridgehead atoms. The summed E-state index contributed by atoms with van der Waals surface area (Å²) in [7, 11) is -3.25. The van der Waals surface area contributed by atoms with Crippen LogP contribution in [0.15, 0.2) is 29.2 Å². The van der Waals surface area contributed by atoms with Crippen molar-refractivity contribution in [2.75, 3.05) is 19.4 Å². The molecule has 21 heavy (non-hydrogen) atoms. The Labute approximate surface area is 124 Å². The number of amides is 1. The van der Waals surface area contributed by atoms with Crippen LogP contribution in [0.5, 0.6) is 0 Å². The van der Waals surface area contributed by atoms with Crippen molar-refractivity contribution >= 4 is 15.7 Å². The zero-order valence-corrected chi connectivity index (χ0v) is 13.1. The molecule has 1 unspecified atom stereocenters. The highest BCUT2D eigenvalue weighted by molar-refractivity contribution is 7.90. The van der Waals surface area contributed by atoms with E-state index in [1.807, 2.05) is 13.8 Å². The van der Waals surface area contributed by atoms with Gasteiger partial charge in [0.05, 0.1) is 11.5 Å². The summed E-state index contributed by atoms with van der Waals surface area (Å²) >= 11 is 0. The maximum absolute atomic E-state index is 12.0. The number of ether oxygens (including phenoxy) is 2. The normalized spacial score (nSPS) is 21.2. The minimum atomic E-state index is -3.25. The molecule has 0 aliphatic carbocycles. The lowest BCUT2D eigenvalue weighted by Crippen LogP contribution is -2.34. The van der Waals surface area contributed by atoms with Crippen LogP contribution in [-0.2, 0) is 19.3 Å². The van der Waals surface area contributed by atoms with Crippen LogP contribution in [0.25, 0.3) is 0 Å². The molecule has 1 fully saturated rings. The van der Waals surface area contributed by atoms with Gasteiger partial charge in [-0.15, -0.1) is 0 Å². The van der Waals surface area contributed by atoms with E-state index in [-0.39, 0.29) is 16.9 Å². The van der Waals surface area contributed by atoms with Gasteiger partial charge in [-0.25, -0.2) is 8.42 Å². The number of nitrogens with one attached hydrogen (secondary N) is 1. The number of hydrogen-bond acceptors (Lipinski definition) is 5. The van der Waals surface area contributed by atoms with Crippen LogP contribution in [0.1, 0.15) is 24.2 Å². The highest BCUT2D eigenvalue weighted by Crippen LogP contribution is 2.21. The van der Waals surface area contributed by atoms with Crippen LogP contribution in [0.4, 0.5) is 0 Å². The smallest absolute Gasteiger partial charge is 0.251 e. The van der Waals surface area contributed by atoms with Crippen molar-refractivity contribution in [1.82, 2.24) is 5.32 Å². The summed E-state index contributed by atoms with van der Waals surface area (Å²) in [5.74, 6) is -0.893. The van der Waals surface area contributed by atoms with E-state index in [0.29, 0.717) is 18.7 Å². The predicted octanol–water partition coefficient (Wildman–Crippen LogP) is 0.971. The number of rotatable bonds is 4. The standard InChI is InChI=1S/C14H19NO5S/c1-14(2)19-9-11(20-14)8-15-13(16)10-4-6-12(7-5-10)21(3,17)18/h4-7,11H,8-9H2,1-3H3,(H,15,16). The first-order valence-corrected chi connectivity index (χ1v) is 8.47. The maximum Gasteiger partial charge on any atom is 0.251 e. The van der Waals surface area contributed by atoms with Crippen LogP contribution in [-0.4, -0.2) is 45.6 Å². The predicted molar refractivity (Wildman–Crippen MR) is 76.8 cm³/mol. The minimum Gasteiger partial charge on any atom is -0.349 e. The van der Waals surface area contributed by atoms with Crippen LogP contribution < -0.4 is 5.32 Å². The molecule has 0 aromatic heterocycles. The summed E-state index contributed by atoms with van der Waals surface area (Å²) in [6.07, 6.45) is 0.945. The number of hydrogen-bond donors (Lipinski definition) is 1. The van der Waals surface area contributed by atoms with Gasteiger partial charge in [-0.3, -0.25) is 4.79 Å². The second-order valence-electron chi connectivity index (χ2n) is 5.46. The van der Waals surface area contributed by atoms with E-state index in [2.05, 4.69) is 5.32 Å². The Kier molecular flexibility index (Phi) is 4.36. The molecule has 1 heterocycles. The Bertz CT molecular complexity index is 621. The average Bonchev–Trinajstić information content (AvgIpc) is 2.75. The van der Waals surface area contributed by atoms with E-state index >= 15 is 0 Å². The number of benzene rings is 1. The van der Waals surface area contributed by atoms with Gasteiger partial charge in [0.15, 0.2) is 15.6 Å². The summed E-state index contributed by atoms with van der Waals surface area (Å²) in [5, 5.41) is 2.74. The van der Waals surface area contributed by atoms with Gasteiger partial charge in [0.1, 0.15) is 6.10 Å². The molecule has 2 rings (SSSR count). The first-order valence-electron chi connectivity index (χ1n) is 6.57. The van der Waals surface area contributed by atoms with E-state index in [1.54, 1.807) is 0 Å². The van der Waals surface area contributed by atoms with Crippen LogP contribution in [0.2, 0.25) is 0 Å². The van der Waals surface area contributed by atoms with Gasteiger partial charge in [-0.05, 0) is 38.1 Å². The maximum atomic E-state index is 12.0. The SMILES string of the molecule is CC1(C)OCC(CNC(=O)c2ccc(S(C)(=O)=O)cc2)O1. The van der Waals surface area contributed by atoms with Crippen molar-refractivity contribution in [3.05, 3.63) is 29.8 Å². The Morgan fingerprint density at radius 3 is 2.43 bits per heavy atom. The largest absolute Gasteiger partial charge is 0.349 e. The molecule has 0 saturated carbocycles. The Hall–Kier alpha value is -1.44. The Morgan fingerprint density at radius 2 is 1.95 bits per heavy atom. The highest BCUT2D eigenvalue weighted by Gasteiger charge is 2.32. The molecule has 1 N–H and O–H groups in total. The molecule has 1 aliphatic rings. The van der Waals surface area contributed by atoms with E-state index in [1.165, 1.54) is 24.3 Å². The fraction of sp³-hybridized carbons (Fsp3) is 0.500. The molecule has 116 valence electrons. The Morgan fingerprint density at radius 1 is 1.33 bits per heavy atom. The molecule has 1 aromatic carbocycles. The first-order chi connectivity index (χ1) is 9.67. The molecule has 7 heteroatoms. The summed E-state index contributed by atoms with van der Waals surface area (Å²) < 4.78 is 33.7. The fourth-order valence-corrected chi connectivity index (χ4v) is 2.66. The number of carbonyl (C=O) groups is 1. The molecule has 0 radical (unpaired) electrons. The monoisotopic (exact) mass is 313 g/mol. The third kappa shape index (κ3) is 4.26. The van der Waals surface area contributed by atoms with Gasteiger partial charge in [0, 0.05) is 18.4 Å². The first kappa shape index (κ1) is 15.9. The minimum absolute atomic E-state index is 0.181. The molecular formula is C14H19NO5S. The van der Waals surface area contributed by atoms with Crippen molar-refractivity contribution in [2.24, 2.45) is 0 Å². The van der Waals surface area contributed by atoms with Crippen molar-refractivity contribution in [2.45, 2.75) is 30.6 Å². The molecule has 6 nitrogen and oxygen atoms in total. The van der Waals surface area contributed by atoms with Crippen LogP contribution >= 0.6 is 0 Å². The van der Waals surface area contributed by atoms with Gasteiger partial charge in [-0.1, -0.05) is 0 Å². The van der Waals surface area contributed by atoms with Gasteiger partial charge in [0.2, 0.25) is 0 Å². The molecule has 1 atom stereocenters.